The van der Waals surface area contributed by atoms with Crippen molar-refractivity contribution in [3.05, 3.63) is 77.4 Å². The second-order valence-corrected chi connectivity index (χ2v) is 7.68. The molecule has 0 bridgehead atoms. The van der Waals surface area contributed by atoms with Crippen LogP contribution in [0.3, 0.4) is 0 Å². The summed E-state index contributed by atoms with van der Waals surface area (Å²) in [6.07, 6.45) is 1.91. The first-order valence-corrected chi connectivity index (χ1v) is 9.99. The Morgan fingerprint density at radius 3 is 2.62 bits per heavy atom. The molecule has 6 heteroatoms. The van der Waals surface area contributed by atoms with Crippen LogP contribution in [-0.4, -0.2) is 37.1 Å². The summed E-state index contributed by atoms with van der Waals surface area (Å²) < 4.78 is 1.90. The smallest absolute Gasteiger partial charge is 0.254 e. The van der Waals surface area contributed by atoms with Crippen LogP contribution in [0.15, 0.2) is 54.6 Å². The third-order valence-corrected chi connectivity index (χ3v) is 5.61. The monoisotopic (exact) mass is 385 g/mol. The van der Waals surface area contributed by atoms with Crippen molar-refractivity contribution >= 4 is 16.9 Å². The second-order valence-electron chi connectivity index (χ2n) is 7.68. The Morgan fingerprint density at radius 1 is 1.10 bits per heavy atom. The number of hydrogen-bond acceptors (Lipinski definition) is 3. The van der Waals surface area contributed by atoms with Crippen LogP contribution >= 0.6 is 0 Å². The molecule has 3 heterocycles. The molecule has 146 valence electrons. The van der Waals surface area contributed by atoms with E-state index >= 15 is 0 Å². The average molecular weight is 385 g/mol. The fourth-order valence-electron chi connectivity index (χ4n) is 4.23. The van der Waals surface area contributed by atoms with Gasteiger partial charge < -0.3 is 9.88 Å². The van der Waals surface area contributed by atoms with Gasteiger partial charge in [0.05, 0.1) is 28.5 Å². The van der Waals surface area contributed by atoms with E-state index in [0.29, 0.717) is 5.56 Å². The van der Waals surface area contributed by atoms with E-state index in [1.807, 2.05) is 78.0 Å². The summed E-state index contributed by atoms with van der Waals surface area (Å²) in [6, 6.07) is 17.7. The SMILES string of the molecule is Cc1cc(C)n(-c2ccc(C(=O)N3CCC[C@H]3c3nc4ccccc4[nH]3)cc2)n1. The van der Waals surface area contributed by atoms with Crippen LogP contribution in [0.4, 0.5) is 0 Å². The van der Waals surface area contributed by atoms with Gasteiger partial charge in [0, 0.05) is 17.8 Å². The predicted molar refractivity (Wildman–Crippen MR) is 112 cm³/mol. The van der Waals surface area contributed by atoms with Crippen LogP contribution < -0.4 is 0 Å². The second kappa shape index (κ2) is 6.88. The van der Waals surface area contributed by atoms with Gasteiger partial charge in [-0.25, -0.2) is 9.67 Å². The molecule has 2 aromatic carbocycles. The lowest BCUT2D eigenvalue weighted by Gasteiger charge is -2.23. The Hall–Kier alpha value is -3.41. The molecule has 29 heavy (non-hydrogen) atoms. The summed E-state index contributed by atoms with van der Waals surface area (Å²) in [6.45, 7) is 4.76. The number of para-hydroxylation sites is 2. The van der Waals surface area contributed by atoms with Gasteiger partial charge in [0.2, 0.25) is 0 Å². The van der Waals surface area contributed by atoms with E-state index in [-0.39, 0.29) is 11.9 Å². The van der Waals surface area contributed by atoms with E-state index in [0.717, 1.165) is 53.3 Å². The van der Waals surface area contributed by atoms with E-state index in [2.05, 4.69) is 10.1 Å². The van der Waals surface area contributed by atoms with Crippen molar-refractivity contribution in [2.24, 2.45) is 0 Å². The zero-order valence-corrected chi connectivity index (χ0v) is 16.6. The fraction of sp³-hybridized carbons (Fsp3) is 0.261. The van der Waals surface area contributed by atoms with Gasteiger partial charge in [-0.3, -0.25) is 4.79 Å². The number of aromatic amines is 1. The Bertz CT molecular complexity index is 1150. The van der Waals surface area contributed by atoms with Crippen molar-refractivity contribution < 1.29 is 4.79 Å². The van der Waals surface area contributed by atoms with Gasteiger partial charge in [0.25, 0.3) is 5.91 Å². The zero-order chi connectivity index (χ0) is 20.0. The molecule has 0 saturated carbocycles. The minimum Gasteiger partial charge on any atom is -0.340 e. The highest BCUT2D eigenvalue weighted by Gasteiger charge is 2.32. The predicted octanol–water partition coefficient (Wildman–Crippen LogP) is 4.34. The number of hydrogen-bond donors (Lipinski definition) is 1. The molecule has 0 unspecified atom stereocenters. The minimum atomic E-state index is -0.00872. The molecule has 6 nitrogen and oxygen atoms in total. The maximum Gasteiger partial charge on any atom is 0.254 e. The molecule has 1 fully saturated rings. The fourth-order valence-corrected chi connectivity index (χ4v) is 4.23. The summed E-state index contributed by atoms with van der Waals surface area (Å²) >= 11 is 0. The van der Waals surface area contributed by atoms with Crippen LogP contribution in [0.1, 0.15) is 46.5 Å². The van der Waals surface area contributed by atoms with E-state index in [4.69, 9.17) is 4.98 Å². The summed E-state index contributed by atoms with van der Waals surface area (Å²) in [7, 11) is 0. The number of rotatable bonds is 3. The zero-order valence-electron chi connectivity index (χ0n) is 16.6. The molecule has 5 rings (SSSR count). The molecule has 1 N–H and O–H groups in total. The summed E-state index contributed by atoms with van der Waals surface area (Å²) in [5.74, 6) is 0.921. The Morgan fingerprint density at radius 2 is 1.90 bits per heavy atom. The van der Waals surface area contributed by atoms with Gasteiger partial charge in [-0.15, -0.1) is 0 Å². The normalized spacial score (nSPS) is 16.6. The van der Waals surface area contributed by atoms with Crippen molar-refractivity contribution in [1.82, 2.24) is 24.6 Å². The number of nitrogens with zero attached hydrogens (tertiary/aromatic N) is 4. The van der Waals surface area contributed by atoms with Crippen molar-refractivity contribution in [3.63, 3.8) is 0 Å². The van der Waals surface area contributed by atoms with E-state index in [1.54, 1.807) is 0 Å². The molecular formula is C23H23N5O. The number of amides is 1. The molecule has 1 amide bonds. The molecule has 1 aliphatic heterocycles. The highest BCUT2D eigenvalue weighted by Crippen LogP contribution is 2.32. The molecule has 0 radical (unpaired) electrons. The topological polar surface area (TPSA) is 66.8 Å². The first kappa shape index (κ1) is 17.7. The molecule has 1 atom stereocenters. The number of benzene rings is 2. The quantitative estimate of drug-likeness (QED) is 0.570. The Balaban J connectivity index is 1.41. The van der Waals surface area contributed by atoms with Crippen molar-refractivity contribution in [3.8, 4) is 5.69 Å². The molecule has 0 aliphatic carbocycles. The summed E-state index contributed by atoms with van der Waals surface area (Å²) in [4.78, 5) is 23.3. The van der Waals surface area contributed by atoms with Crippen molar-refractivity contribution in [1.29, 1.82) is 0 Å². The number of carbonyl (C=O) groups excluding carboxylic acids is 1. The standard InChI is InChI=1S/C23H23N5O/c1-15-14-16(2)28(26-15)18-11-9-17(10-12-18)23(29)27-13-5-8-21(27)22-24-19-6-3-4-7-20(19)25-22/h3-4,6-7,9-12,14,21H,5,8,13H2,1-2H3,(H,24,25)/t21-/m0/s1. The number of nitrogens with one attached hydrogen (secondary N) is 1. The van der Waals surface area contributed by atoms with Crippen LogP contribution in [0.25, 0.3) is 16.7 Å². The molecule has 2 aromatic heterocycles. The number of H-pyrrole nitrogens is 1. The number of carbonyl (C=O) groups is 1. The number of imidazole rings is 1. The number of fused-ring (bicyclic) bond motifs is 1. The third kappa shape index (κ3) is 3.10. The Kier molecular flexibility index (Phi) is 4.19. The lowest BCUT2D eigenvalue weighted by atomic mass is 10.1. The molecule has 0 spiro atoms. The number of likely N-dealkylation sites (tertiary alicyclic amines) is 1. The van der Waals surface area contributed by atoms with Crippen LogP contribution in [-0.2, 0) is 0 Å². The molecule has 1 aliphatic rings. The number of aromatic nitrogens is 4. The van der Waals surface area contributed by atoms with Crippen LogP contribution in [0.2, 0.25) is 0 Å². The highest BCUT2D eigenvalue weighted by atomic mass is 16.2. The minimum absolute atomic E-state index is 0.00872. The largest absolute Gasteiger partial charge is 0.340 e. The number of aryl methyl sites for hydroxylation is 2. The van der Waals surface area contributed by atoms with Gasteiger partial charge in [-0.05, 0) is 69.2 Å². The van der Waals surface area contributed by atoms with E-state index < -0.39 is 0 Å². The first-order chi connectivity index (χ1) is 14.1. The Labute approximate surface area is 169 Å². The summed E-state index contributed by atoms with van der Waals surface area (Å²) in [5.41, 5.74) is 5.66. The molecular weight excluding hydrogens is 362 g/mol. The lowest BCUT2D eigenvalue weighted by molar-refractivity contribution is 0.0730. The van der Waals surface area contributed by atoms with Crippen molar-refractivity contribution in [2.75, 3.05) is 6.54 Å². The van der Waals surface area contributed by atoms with Gasteiger partial charge >= 0.3 is 0 Å². The third-order valence-electron chi connectivity index (χ3n) is 5.61. The molecule has 4 aromatic rings. The van der Waals surface area contributed by atoms with Crippen LogP contribution in [0, 0.1) is 13.8 Å². The first-order valence-electron chi connectivity index (χ1n) is 9.99. The van der Waals surface area contributed by atoms with Gasteiger partial charge in [0.15, 0.2) is 0 Å². The van der Waals surface area contributed by atoms with Gasteiger partial charge in [0.1, 0.15) is 5.82 Å². The van der Waals surface area contributed by atoms with Crippen LogP contribution in [0.5, 0.6) is 0 Å². The van der Waals surface area contributed by atoms with E-state index in [9.17, 15) is 4.79 Å². The van der Waals surface area contributed by atoms with E-state index in [1.165, 1.54) is 0 Å². The van der Waals surface area contributed by atoms with Crippen molar-refractivity contribution in [2.45, 2.75) is 32.7 Å². The average Bonchev–Trinajstić information content (AvgIpc) is 3.44. The summed E-state index contributed by atoms with van der Waals surface area (Å²) in [5, 5.41) is 4.51. The highest BCUT2D eigenvalue weighted by molar-refractivity contribution is 5.95. The van der Waals surface area contributed by atoms with Gasteiger partial charge in [-0.2, -0.15) is 5.10 Å². The lowest BCUT2D eigenvalue weighted by Crippen LogP contribution is -2.31. The maximum absolute atomic E-state index is 13.2. The maximum atomic E-state index is 13.2. The molecule has 1 saturated heterocycles. The van der Waals surface area contributed by atoms with Gasteiger partial charge in [-0.1, -0.05) is 12.1 Å².